The first-order chi connectivity index (χ1) is 12.0. The molecule has 0 aliphatic carbocycles. The Morgan fingerprint density at radius 2 is 2.00 bits per heavy atom. The first-order valence-corrected chi connectivity index (χ1v) is 8.10. The molecule has 0 saturated carbocycles. The first kappa shape index (κ1) is 15.6. The van der Waals surface area contributed by atoms with Gasteiger partial charge in [-0.25, -0.2) is 13.6 Å². The number of rotatable bonds is 1. The van der Waals surface area contributed by atoms with Crippen LogP contribution in [0.4, 0.5) is 19.3 Å². The van der Waals surface area contributed by atoms with E-state index >= 15 is 0 Å². The van der Waals surface area contributed by atoms with Crippen molar-refractivity contribution < 1.29 is 13.6 Å². The molecule has 1 aliphatic heterocycles. The molecule has 1 aromatic heterocycles. The molecule has 2 heterocycles. The van der Waals surface area contributed by atoms with Gasteiger partial charge in [-0.15, -0.1) is 0 Å². The molecule has 1 N–H and O–H groups in total. The van der Waals surface area contributed by atoms with Crippen LogP contribution in [0.3, 0.4) is 0 Å². The summed E-state index contributed by atoms with van der Waals surface area (Å²) in [5.41, 5.74) is 3.23. The van der Waals surface area contributed by atoms with Gasteiger partial charge in [0.15, 0.2) is 0 Å². The van der Waals surface area contributed by atoms with Gasteiger partial charge in [0.1, 0.15) is 11.6 Å². The van der Waals surface area contributed by atoms with Crippen LogP contribution in [0, 0.1) is 11.6 Å². The van der Waals surface area contributed by atoms with E-state index in [2.05, 4.69) is 22.1 Å². The lowest BCUT2D eigenvalue weighted by atomic mass is 10.1. The number of carbonyl (C=O) groups is 1. The molecule has 4 rings (SSSR count). The summed E-state index contributed by atoms with van der Waals surface area (Å²) >= 11 is 0. The van der Waals surface area contributed by atoms with Gasteiger partial charge in [0, 0.05) is 43.3 Å². The molecule has 3 aromatic rings. The molecule has 0 bridgehead atoms. The van der Waals surface area contributed by atoms with Gasteiger partial charge < -0.3 is 14.8 Å². The predicted molar refractivity (Wildman–Crippen MR) is 92.4 cm³/mol. The molecule has 0 atom stereocenters. The molecule has 0 radical (unpaired) electrons. The quantitative estimate of drug-likeness (QED) is 0.712. The van der Waals surface area contributed by atoms with Crippen molar-refractivity contribution in [1.29, 1.82) is 0 Å². The van der Waals surface area contributed by atoms with Crippen LogP contribution < -0.4 is 5.32 Å². The fourth-order valence-electron chi connectivity index (χ4n) is 3.44. The van der Waals surface area contributed by atoms with Gasteiger partial charge in [0.2, 0.25) is 0 Å². The van der Waals surface area contributed by atoms with Crippen molar-refractivity contribution in [3.8, 4) is 0 Å². The molecule has 0 unspecified atom stereocenters. The molecular weight excluding hydrogens is 324 g/mol. The molecule has 128 valence electrons. The minimum absolute atomic E-state index is 0.147. The van der Waals surface area contributed by atoms with Gasteiger partial charge in [-0.2, -0.15) is 0 Å². The third kappa shape index (κ3) is 2.73. The molecule has 0 spiro atoms. The summed E-state index contributed by atoms with van der Waals surface area (Å²) in [6.45, 7) is 0.938. The molecular formula is C19H17F2N3O. The predicted octanol–water partition coefficient (Wildman–Crippen LogP) is 4.05. The maximum Gasteiger partial charge on any atom is 0.322 e. The van der Waals surface area contributed by atoms with Crippen molar-refractivity contribution in [3.05, 3.63) is 65.4 Å². The highest BCUT2D eigenvalue weighted by Gasteiger charge is 2.22. The monoisotopic (exact) mass is 341 g/mol. The summed E-state index contributed by atoms with van der Waals surface area (Å²) in [7, 11) is 2.01. The maximum atomic E-state index is 13.8. The Kier molecular flexibility index (Phi) is 3.67. The number of hydrogen-bond donors (Lipinski definition) is 1. The average Bonchev–Trinajstić information content (AvgIpc) is 2.80. The summed E-state index contributed by atoms with van der Waals surface area (Å²) < 4.78 is 29.2. The Hall–Kier alpha value is -2.89. The Morgan fingerprint density at radius 3 is 2.84 bits per heavy atom. The average molecular weight is 341 g/mol. The number of nitrogens with one attached hydrogen (secondary N) is 1. The van der Waals surface area contributed by atoms with Crippen molar-refractivity contribution in [3.63, 3.8) is 0 Å². The summed E-state index contributed by atoms with van der Waals surface area (Å²) in [4.78, 5) is 14.2. The Balaban J connectivity index is 1.62. The highest BCUT2D eigenvalue weighted by Crippen LogP contribution is 2.29. The number of anilines is 1. The molecule has 4 nitrogen and oxygen atoms in total. The van der Waals surface area contributed by atoms with Crippen LogP contribution in [0.5, 0.6) is 0 Å². The van der Waals surface area contributed by atoms with Crippen LogP contribution in [0.25, 0.3) is 10.9 Å². The third-order valence-electron chi connectivity index (χ3n) is 4.65. The van der Waals surface area contributed by atoms with Crippen LogP contribution in [-0.4, -0.2) is 22.0 Å². The third-order valence-corrected chi connectivity index (χ3v) is 4.65. The number of halogens is 2. The first-order valence-electron chi connectivity index (χ1n) is 8.10. The van der Waals surface area contributed by atoms with E-state index in [-0.39, 0.29) is 5.69 Å². The number of amides is 2. The van der Waals surface area contributed by atoms with Gasteiger partial charge in [0.05, 0.1) is 5.69 Å². The van der Waals surface area contributed by atoms with E-state index < -0.39 is 17.7 Å². The lowest BCUT2D eigenvalue weighted by molar-refractivity contribution is 0.210. The summed E-state index contributed by atoms with van der Waals surface area (Å²) in [5.74, 6) is -1.25. The highest BCUT2D eigenvalue weighted by molar-refractivity contribution is 5.92. The number of benzene rings is 2. The highest BCUT2D eigenvalue weighted by atomic mass is 19.1. The van der Waals surface area contributed by atoms with Crippen molar-refractivity contribution >= 4 is 22.6 Å². The summed E-state index contributed by atoms with van der Waals surface area (Å²) in [5, 5.41) is 3.66. The molecule has 1 aliphatic rings. The zero-order valence-corrected chi connectivity index (χ0v) is 13.7. The van der Waals surface area contributed by atoms with Crippen molar-refractivity contribution in [2.75, 3.05) is 11.9 Å². The normalized spacial score (nSPS) is 13.8. The molecule has 2 amide bonds. The van der Waals surface area contributed by atoms with Crippen molar-refractivity contribution in [2.45, 2.75) is 13.0 Å². The van der Waals surface area contributed by atoms with Crippen LogP contribution in [0.1, 0.15) is 11.1 Å². The number of urea groups is 1. The zero-order valence-electron chi connectivity index (χ0n) is 13.7. The van der Waals surface area contributed by atoms with Gasteiger partial charge in [-0.05, 0) is 35.7 Å². The van der Waals surface area contributed by atoms with Crippen molar-refractivity contribution in [2.24, 2.45) is 7.05 Å². The molecule has 2 aromatic carbocycles. The lowest BCUT2D eigenvalue weighted by Gasteiger charge is -2.22. The summed E-state index contributed by atoms with van der Waals surface area (Å²) in [6.07, 6.45) is 2.80. The van der Waals surface area contributed by atoms with Gasteiger partial charge in [-0.3, -0.25) is 0 Å². The van der Waals surface area contributed by atoms with E-state index in [9.17, 15) is 13.6 Å². The Labute approximate surface area is 143 Å². The standard InChI is InChI=1S/C19H17F2N3O/c1-23-10-13-7-8-24(11-12-3-2-4-17(23)18(12)13)19(25)22-16-9-14(20)5-6-15(16)21/h2-6,9-10H,7-8,11H2,1H3,(H,22,25). The smallest absolute Gasteiger partial charge is 0.322 e. The zero-order chi connectivity index (χ0) is 17.6. The van der Waals surface area contributed by atoms with E-state index in [1.165, 1.54) is 10.9 Å². The SMILES string of the molecule is Cn1cc2c3c(cccc31)CN(C(=O)Nc1cc(F)ccc1F)CC2. The lowest BCUT2D eigenvalue weighted by Crippen LogP contribution is -2.35. The topological polar surface area (TPSA) is 37.3 Å². The minimum Gasteiger partial charge on any atom is -0.350 e. The van der Waals surface area contributed by atoms with Crippen LogP contribution in [0.2, 0.25) is 0 Å². The fourth-order valence-corrected chi connectivity index (χ4v) is 3.44. The fraction of sp³-hybridized carbons (Fsp3) is 0.211. The van der Waals surface area contributed by atoms with E-state index in [4.69, 9.17) is 0 Å². The van der Waals surface area contributed by atoms with Gasteiger partial charge in [-0.1, -0.05) is 12.1 Å². The second-order valence-corrected chi connectivity index (χ2v) is 6.30. The molecule has 0 fully saturated rings. The molecule has 0 saturated heterocycles. The van der Waals surface area contributed by atoms with E-state index in [1.54, 1.807) is 4.90 Å². The van der Waals surface area contributed by atoms with E-state index in [1.807, 2.05) is 19.2 Å². The van der Waals surface area contributed by atoms with Crippen LogP contribution >= 0.6 is 0 Å². The maximum absolute atomic E-state index is 13.8. The number of aryl methyl sites for hydroxylation is 1. The number of hydrogen-bond acceptors (Lipinski definition) is 1. The largest absolute Gasteiger partial charge is 0.350 e. The second-order valence-electron chi connectivity index (χ2n) is 6.30. The Morgan fingerprint density at radius 1 is 1.16 bits per heavy atom. The second kappa shape index (κ2) is 5.88. The van der Waals surface area contributed by atoms with E-state index in [0.717, 1.165) is 29.3 Å². The van der Waals surface area contributed by atoms with Crippen molar-refractivity contribution in [1.82, 2.24) is 9.47 Å². The molecule has 25 heavy (non-hydrogen) atoms. The van der Waals surface area contributed by atoms with Gasteiger partial charge in [0.25, 0.3) is 0 Å². The minimum atomic E-state index is -0.657. The van der Waals surface area contributed by atoms with Crippen LogP contribution in [0.15, 0.2) is 42.6 Å². The van der Waals surface area contributed by atoms with E-state index in [0.29, 0.717) is 19.5 Å². The number of aromatic nitrogens is 1. The van der Waals surface area contributed by atoms with Gasteiger partial charge >= 0.3 is 6.03 Å². The number of nitrogens with zero attached hydrogens (tertiary/aromatic N) is 2. The Bertz CT molecular complexity index is 980. The van der Waals surface area contributed by atoms with Crippen LogP contribution in [-0.2, 0) is 20.0 Å². The number of carbonyl (C=O) groups excluding carboxylic acids is 1. The molecule has 6 heteroatoms. The summed E-state index contributed by atoms with van der Waals surface area (Å²) in [6, 6.07) is 8.60.